The molecule has 0 fully saturated rings. The molecular formula is C11H8ClN5O. The van der Waals surface area contributed by atoms with Crippen LogP contribution in [0.25, 0.3) is 11.6 Å². The summed E-state index contributed by atoms with van der Waals surface area (Å²) >= 11 is 5.91. The molecule has 0 aliphatic rings. The van der Waals surface area contributed by atoms with E-state index in [1.165, 1.54) is 6.33 Å². The molecule has 6 nitrogen and oxygen atoms in total. The molecule has 0 spiro atoms. The van der Waals surface area contributed by atoms with Gasteiger partial charge in [-0.3, -0.25) is 5.10 Å². The minimum Gasteiger partial charge on any atom is -0.339 e. The number of aromatic amines is 1. The van der Waals surface area contributed by atoms with Crippen LogP contribution in [0.3, 0.4) is 0 Å². The number of rotatable bonds is 3. The van der Waals surface area contributed by atoms with Gasteiger partial charge in [-0.25, -0.2) is 4.98 Å². The highest BCUT2D eigenvalue weighted by Crippen LogP contribution is 2.15. The van der Waals surface area contributed by atoms with Crippen LogP contribution in [-0.4, -0.2) is 25.3 Å². The summed E-state index contributed by atoms with van der Waals surface area (Å²) in [5, 5.41) is 10.9. The molecule has 2 heterocycles. The third-order valence-corrected chi connectivity index (χ3v) is 2.57. The molecule has 1 aromatic carbocycles. The highest BCUT2D eigenvalue weighted by molar-refractivity contribution is 6.30. The van der Waals surface area contributed by atoms with Gasteiger partial charge in [0.05, 0.1) is 6.42 Å². The lowest BCUT2D eigenvalue weighted by Gasteiger charge is -1.96. The van der Waals surface area contributed by atoms with Gasteiger partial charge in [0.2, 0.25) is 11.7 Å². The number of nitrogens with zero attached hydrogens (tertiary/aromatic N) is 4. The summed E-state index contributed by atoms with van der Waals surface area (Å²) in [4.78, 5) is 8.17. The predicted octanol–water partition coefficient (Wildman–Crippen LogP) is 2.10. The first-order chi connectivity index (χ1) is 8.81. The van der Waals surface area contributed by atoms with Crippen molar-refractivity contribution in [1.29, 1.82) is 0 Å². The van der Waals surface area contributed by atoms with Crippen LogP contribution >= 0.6 is 11.6 Å². The first-order valence-corrected chi connectivity index (χ1v) is 5.62. The van der Waals surface area contributed by atoms with E-state index >= 15 is 0 Å². The second-order valence-electron chi connectivity index (χ2n) is 3.65. The van der Waals surface area contributed by atoms with Crippen molar-refractivity contribution in [3.8, 4) is 11.6 Å². The molecule has 18 heavy (non-hydrogen) atoms. The van der Waals surface area contributed by atoms with Gasteiger partial charge in [-0.15, -0.1) is 0 Å². The first-order valence-electron chi connectivity index (χ1n) is 5.24. The van der Waals surface area contributed by atoms with Crippen molar-refractivity contribution in [2.45, 2.75) is 6.42 Å². The van der Waals surface area contributed by atoms with Gasteiger partial charge in [-0.2, -0.15) is 10.1 Å². The van der Waals surface area contributed by atoms with Crippen LogP contribution in [0, 0.1) is 0 Å². The lowest BCUT2D eigenvalue weighted by atomic mass is 10.1. The van der Waals surface area contributed by atoms with Crippen molar-refractivity contribution in [3.63, 3.8) is 0 Å². The van der Waals surface area contributed by atoms with E-state index in [0.717, 1.165) is 5.56 Å². The third kappa shape index (κ3) is 2.23. The van der Waals surface area contributed by atoms with E-state index in [1.807, 2.05) is 24.3 Å². The molecule has 0 aliphatic carbocycles. The Balaban J connectivity index is 1.82. The van der Waals surface area contributed by atoms with Gasteiger partial charge in [-0.1, -0.05) is 28.9 Å². The largest absolute Gasteiger partial charge is 0.339 e. The Morgan fingerprint density at radius 2 is 2.28 bits per heavy atom. The van der Waals surface area contributed by atoms with Crippen molar-refractivity contribution in [2.75, 3.05) is 0 Å². The molecule has 0 aliphatic heterocycles. The van der Waals surface area contributed by atoms with Crippen LogP contribution in [0.15, 0.2) is 35.1 Å². The third-order valence-electron chi connectivity index (χ3n) is 2.34. The van der Waals surface area contributed by atoms with Gasteiger partial charge >= 0.3 is 0 Å². The molecule has 2 aromatic heterocycles. The standard InChI is InChI=1S/C11H8ClN5O/c12-8-3-1-2-7(4-8)5-9-15-11(17-18-9)10-13-6-14-16-10/h1-4,6H,5H2,(H,13,14,16). The second kappa shape index (κ2) is 4.58. The smallest absolute Gasteiger partial charge is 0.239 e. The molecule has 3 rings (SSSR count). The zero-order chi connectivity index (χ0) is 12.4. The molecule has 0 saturated heterocycles. The predicted molar refractivity (Wildman–Crippen MR) is 63.9 cm³/mol. The molecule has 0 amide bonds. The normalized spacial score (nSPS) is 10.7. The van der Waals surface area contributed by atoms with Gasteiger partial charge in [0.15, 0.2) is 5.82 Å². The van der Waals surface area contributed by atoms with Gasteiger partial charge in [0.1, 0.15) is 6.33 Å². The Hall–Kier alpha value is -2.21. The SMILES string of the molecule is Clc1cccc(Cc2nc(-c3ncn[nH]3)no2)c1. The highest BCUT2D eigenvalue weighted by atomic mass is 35.5. The first kappa shape index (κ1) is 10.9. The number of nitrogens with one attached hydrogen (secondary N) is 1. The van der Waals surface area contributed by atoms with Crippen LogP contribution in [0.1, 0.15) is 11.5 Å². The molecule has 7 heteroatoms. The average molecular weight is 262 g/mol. The number of H-pyrrole nitrogens is 1. The van der Waals surface area contributed by atoms with Crippen LogP contribution in [0.5, 0.6) is 0 Å². The number of hydrogen-bond donors (Lipinski definition) is 1. The monoisotopic (exact) mass is 261 g/mol. The van der Waals surface area contributed by atoms with E-state index in [0.29, 0.717) is 29.0 Å². The second-order valence-corrected chi connectivity index (χ2v) is 4.09. The maximum Gasteiger partial charge on any atom is 0.239 e. The van der Waals surface area contributed by atoms with Gasteiger partial charge in [0.25, 0.3) is 0 Å². The molecule has 0 saturated carbocycles. The zero-order valence-corrected chi connectivity index (χ0v) is 9.92. The lowest BCUT2D eigenvalue weighted by molar-refractivity contribution is 0.385. The summed E-state index contributed by atoms with van der Waals surface area (Å²) in [6, 6.07) is 7.51. The van der Waals surface area contributed by atoms with Crippen molar-refractivity contribution in [2.24, 2.45) is 0 Å². The fourth-order valence-electron chi connectivity index (χ4n) is 1.56. The highest BCUT2D eigenvalue weighted by Gasteiger charge is 2.11. The molecular weight excluding hydrogens is 254 g/mol. The van der Waals surface area contributed by atoms with Crippen LogP contribution in [0.2, 0.25) is 5.02 Å². The summed E-state index contributed by atoms with van der Waals surface area (Å²) in [5.74, 6) is 1.38. The fraction of sp³-hybridized carbons (Fsp3) is 0.0909. The van der Waals surface area contributed by atoms with Gasteiger partial charge in [-0.05, 0) is 17.7 Å². The molecule has 0 unspecified atom stereocenters. The molecule has 0 radical (unpaired) electrons. The Morgan fingerprint density at radius 3 is 3.06 bits per heavy atom. The molecule has 90 valence electrons. The van der Waals surface area contributed by atoms with Crippen molar-refractivity contribution in [3.05, 3.63) is 47.1 Å². The average Bonchev–Trinajstić information content (AvgIpc) is 2.98. The van der Waals surface area contributed by atoms with Crippen molar-refractivity contribution >= 4 is 11.6 Å². The zero-order valence-electron chi connectivity index (χ0n) is 9.17. The van der Waals surface area contributed by atoms with Gasteiger partial charge in [0, 0.05) is 5.02 Å². The lowest BCUT2D eigenvalue weighted by Crippen LogP contribution is -1.89. The minimum atomic E-state index is 0.393. The van der Waals surface area contributed by atoms with Crippen LogP contribution in [-0.2, 0) is 6.42 Å². The fourth-order valence-corrected chi connectivity index (χ4v) is 1.77. The van der Waals surface area contributed by atoms with E-state index in [4.69, 9.17) is 16.1 Å². The van der Waals surface area contributed by atoms with E-state index in [1.54, 1.807) is 0 Å². The summed E-state index contributed by atoms with van der Waals surface area (Å²) in [6.07, 6.45) is 1.92. The van der Waals surface area contributed by atoms with E-state index in [-0.39, 0.29) is 0 Å². The van der Waals surface area contributed by atoms with Crippen molar-refractivity contribution in [1.82, 2.24) is 25.3 Å². The summed E-state index contributed by atoms with van der Waals surface area (Å²) in [5.41, 5.74) is 1.01. The Bertz CT molecular complexity index is 649. The number of halogens is 1. The van der Waals surface area contributed by atoms with Crippen LogP contribution in [0.4, 0.5) is 0 Å². The van der Waals surface area contributed by atoms with E-state index in [2.05, 4.69) is 25.3 Å². The Morgan fingerprint density at radius 1 is 1.33 bits per heavy atom. The summed E-state index contributed by atoms with van der Waals surface area (Å²) in [7, 11) is 0. The molecule has 0 atom stereocenters. The van der Waals surface area contributed by atoms with E-state index in [9.17, 15) is 0 Å². The summed E-state index contributed by atoms with van der Waals surface area (Å²) in [6.45, 7) is 0. The maximum atomic E-state index is 5.91. The summed E-state index contributed by atoms with van der Waals surface area (Å²) < 4.78 is 5.14. The number of hydrogen-bond acceptors (Lipinski definition) is 5. The van der Waals surface area contributed by atoms with E-state index < -0.39 is 0 Å². The molecule has 0 bridgehead atoms. The van der Waals surface area contributed by atoms with Crippen molar-refractivity contribution < 1.29 is 4.52 Å². The quantitative estimate of drug-likeness (QED) is 0.781. The molecule has 3 aromatic rings. The van der Waals surface area contributed by atoms with Gasteiger partial charge < -0.3 is 4.52 Å². The maximum absolute atomic E-state index is 5.91. The Labute approximate surface area is 107 Å². The topological polar surface area (TPSA) is 80.5 Å². The number of aromatic nitrogens is 5. The van der Waals surface area contributed by atoms with Crippen LogP contribution < -0.4 is 0 Å². The number of benzene rings is 1. The Kier molecular flexibility index (Phi) is 2.77. The minimum absolute atomic E-state index is 0.393. The molecule has 1 N–H and O–H groups in total.